The summed E-state index contributed by atoms with van der Waals surface area (Å²) in [6.45, 7) is 5.98. The molecule has 0 bridgehead atoms. The van der Waals surface area contributed by atoms with Crippen LogP contribution >= 0.6 is 46.4 Å². The molecule has 2 aromatic rings. The summed E-state index contributed by atoms with van der Waals surface area (Å²) in [7, 11) is 0. The van der Waals surface area contributed by atoms with Gasteiger partial charge in [0.2, 0.25) is 0 Å². The van der Waals surface area contributed by atoms with E-state index in [4.69, 9.17) is 65.5 Å². The maximum absolute atomic E-state index is 6.26. The number of oxime groups is 1. The first-order valence-corrected chi connectivity index (χ1v) is 12.0. The highest BCUT2D eigenvalue weighted by molar-refractivity contribution is 6.55. The summed E-state index contributed by atoms with van der Waals surface area (Å²) < 4.78 is 17.1. The molecule has 9 heteroatoms. The van der Waals surface area contributed by atoms with Crippen molar-refractivity contribution in [2.24, 2.45) is 11.1 Å². The quantitative estimate of drug-likeness (QED) is 0.140. The lowest BCUT2D eigenvalue weighted by Crippen LogP contribution is -2.03. The van der Waals surface area contributed by atoms with Gasteiger partial charge in [0.05, 0.1) is 29.5 Å². The lowest BCUT2D eigenvalue weighted by atomic mass is 10.2. The van der Waals surface area contributed by atoms with Crippen molar-refractivity contribution in [2.75, 3.05) is 26.4 Å². The molecule has 0 aliphatic heterocycles. The molecule has 0 saturated carbocycles. The van der Waals surface area contributed by atoms with E-state index in [2.05, 4.69) is 19.0 Å². The van der Waals surface area contributed by atoms with E-state index < -0.39 is 0 Å². The van der Waals surface area contributed by atoms with Gasteiger partial charge in [-0.05, 0) is 54.7 Å². The Kier molecular flexibility index (Phi) is 12.6. The summed E-state index contributed by atoms with van der Waals surface area (Å²) in [5.74, 6) is 2.16. The van der Waals surface area contributed by atoms with Crippen LogP contribution in [-0.4, -0.2) is 32.6 Å². The Labute approximate surface area is 215 Å². The highest BCUT2D eigenvalue weighted by Gasteiger charge is 2.10. The predicted molar refractivity (Wildman–Crippen MR) is 137 cm³/mol. The molecule has 2 aromatic carbocycles. The molecule has 0 amide bonds. The van der Waals surface area contributed by atoms with Crippen LogP contribution in [0.3, 0.4) is 0 Å². The molecule has 0 heterocycles. The second kappa shape index (κ2) is 15.2. The van der Waals surface area contributed by atoms with Gasteiger partial charge in [-0.1, -0.05) is 65.4 Å². The Morgan fingerprint density at radius 3 is 2.15 bits per heavy atom. The van der Waals surface area contributed by atoms with Crippen LogP contribution in [0.4, 0.5) is 0 Å². The number of hydrogen-bond acceptors (Lipinski definition) is 5. The Balaban J connectivity index is 1.67. The van der Waals surface area contributed by atoms with E-state index in [1.54, 1.807) is 18.3 Å². The van der Waals surface area contributed by atoms with E-state index in [0.717, 1.165) is 24.2 Å². The number of rotatable bonds is 14. The van der Waals surface area contributed by atoms with Crippen molar-refractivity contribution in [2.45, 2.75) is 26.7 Å². The topological polar surface area (TPSA) is 49.3 Å². The molecule has 33 heavy (non-hydrogen) atoms. The molecule has 0 saturated heterocycles. The molecule has 5 nitrogen and oxygen atoms in total. The minimum atomic E-state index is 0.130. The fourth-order valence-corrected chi connectivity index (χ4v) is 3.17. The molecule has 0 fully saturated rings. The zero-order valence-electron chi connectivity index (χ0n) is 18.5. The summed E-state index contributed by atoms with van der Waals surface area (Å²) in [5.41, 5.74) is 0.948. The Morgan fingerprint density at radius 1 is 0.909 bits per heavy atom. The van der Waals surface area contributed by atoms with Crippen molar-refractivity contribution in [1.29, 1.82) is 0 Å². The third-order valence-electron chi connectivity index (χ3n) is 4.08. The van der Waals surface area contributed by atoms with Crippen LogP contribution in [0.25, 0.3) is 0 Å². The first-order chi connectivity index (χ1) is 15.8. The number of halogens is 4. The highest BCUT2D eigenvalue weighted by Crippen LogP contribution is 2.37. The summed E-state index contributed by atoms with van der Waals surface area (Å²) >= 11 is 23.6. The predicted octanol–water partition coefficient (Wildman–Crippen LogP) is 7.94. The molecule has 0 aliphatic rings. The smallest absolute Gasteiger partial charge is 0.156 e. The Hall–Kier alpha value is -1.79. The van der Waals surface area contributed by atoms with Gasteiger partial charge in [-0.25, -0.2) is 0 Å². The molecule has 0 aliphatic carbocycles. The van der Waals surface area contributed by atoms with Crippen molar-refractivity contribution in [1.82, 2.24) is 0 Å². The molecule has 0 spiro atoms. The van der Waals surface area contributed by atoms with Crippen LogP contribution in [0.2, 0.25) is 10.0 Å². The largest absolute Gasteiger partial charge is 0.494 e. The number of ether oxygens (including phenoxy) is 3. The van der Waals surface area contributed by atoms with Crippen molar-refractivity contribution in [3.63, 3.8) is 0 Å². The van der Waals surface area contributed by atoms with Gasteiger partial charge in [0.15, 0.2) is 5.75 Å². The van der Waals surface area contributed by atoms with E-state index in [-0.39, 0.29) is 11.1 Å². The number of benzene rings is 2. The van der Waals surface area contributed by atoms with Crippen molar-refractivity contribution in [3.05, 3.63) is 62.6 Å². The molecule has 0 radical (unpaired) electrons. The Morgan fingerprint density at radius 2 is 1.55 bits per heavy atom. The summed E-state index contributed by atoms with van der Waals surface area (Å²) in [6, 6.07) is 10.9. The summed E-state index contributed by atoms with van der Waals surface area (Å²) in [5, 5.41) is 4.69. The van der Waals surface area contributed by atoms with Gasteiger partial charge >= 0.3 is 0 Å². The van der Waals surface area contributed by atoms with E-state index in [1.165, 1.54) is 6.08 Å². The summed E-state index contributed by atoms with van der Waals surface area (Å²) in [6.07, 6.45) is 4.80. The third kappa shape index (κ3) is 11.3. The van der Waals surface area contributed by atoms with E-state index in [9.17, 15) is 0 Å². The standard InChI is InChI=1S/C24H27Cl4NO4/c1-17(2)16-33-29-15-18-5-7-19(8-6-18)30-10-3-4-11-32-24-21(25)13-20(14-22(24)26)31-12-9-23(27)28/h5-9,13-15,17H,3-4,10-12,16H2,1-2H3. The second-order valence-electron chi connectivity index (χ2n) is 7.42. The van der Waals surface area contributed by atoms with Crippen LogP contribution in [0.1, 0.15) is 32.3 Å². The third-order valence-corrected chi connectivity index (χ3v) is 4.95. The zero-order valence-corrected chi connectivity index (χ0v) is 21.6. The van der Waals surface area contributed by atoms with Crippen LogP contribution < -0.4 is 14.2 Å². The molecule has 180 valence electrons. The highest BCUT2D eigenvalue weighted by atomic mass is 35.5. The van der Waals surface area contributed by atoms with E-state index in [1.807, 2.05) is 24.3 Å². The number of nitrogens with zero attached hydrogens (tertiary/aromatic N) is 1. The van der Waals surface area contributed by atoms with Gasteiger partial charge in [0.25, 0.3) is 0 Å². The Bertz CT molecular complexity index is 890. The summed E-state index contributed by atoms with van der Waals surface area (Å²) in [4.78, 5) is 5.20. The normalized spacial score (nSPS) is 11.0. The first-order valence-electron chi connectivity index (χ1n) is 10.5. The fraction of sp³-hybridized carbons (Fsp3) is 0.375. The van der Waals surface area contributed by atoms with Crippen LogP contribution in [0, 0.1) is 5.92 Å². The molecule has 0 aromatic heterocycles. The van der Waals surface area contributed by atoms with Gasteiger partial charge in [-0.2, -0.15) is 0 Å². The monoisotopic (exact) mass is 533 g/mol. The van der Waals surface area contributed by atoms with Crippen LogP contribution in [-0.2, 0) is 4.84 Å². The average Bonchev–Trinajstić information content (AvgIpc) is 2.75. The first kappa shape index (κ1) is 27.5. The number of hydrogen-bond donors (Lipinski definition) is 0. The SMILES string of the molecule is CC(C)CON=Cc1ccc(OCCCCOc2c(Cl)cc(OCC=C(Cl)Cl)cc2Cl)cc1. The molecule has 2 rings (SSSR count). The molecule has 0 unspecified atom stereocenters. The van der Waals surface area contributed by atoms with Crippen LogP contribution in [0.15, 0.2) is 52.1 Å². The molecule has 0 atom stereocenters. The van der Waals surface area contributed by atoms with Gasteiger partial charge in [-0.15, -0.1) is 0 Å². The van der Waals surface area contributed by atoms with Gasteiger partial charge in [0, 0.05) is 12.1 Å². The van der Waals surface area contributed by atoms with Gasteiger partial charge in [0.1, 0.15) is 29.2 Å². The van der Waals surface area contributed by atoms with E-state index >= 15 is 0 Å². The number of unbranched alkanes of at least 4 members (excludes halogenated alkanes) is 1. The van der Waals surface area contributed by atoms with Crippen LogP contribution in [0.5, 0.6) is 17.2 Å². The average molecular weight is 535 g/mol. The molecule has 0 N–H and O–H groups in total. The van der Waals surface area contributed by atoms with Gasteiger partial charge in [-0.3, -0.25) is 0 Å². The zero-order chi connectivity index (χ0) is 24.1. The minimum absolute atomic E-state index is 0.130. The van der Waals surface area contributed by atoms with Crippen molar-refractivity contribution in [3.8, 4) is 17.2 Å². The second-order valence-corrected chi connectivity index (χ2v) is 9.24. The van der Waals surface area contributed by atoms with Crippen molar-refractivity contribution >= 4 is 52.6 Å². The molecular formula is C24H27Cl4NO4. The van der Waals surface area contributed by atoms with Crippen molar-refractivity contribution < 1.29 is 19.0 Å². The molecular weight excluding hydrogens is 508 g/mol. The lowest BCUT2D eigenvalue weighted by molar-refractivity contribution is 0.120. The maximum atomic E-state index is 6.26. The minimum Gasteiger partial charge on any atom is -0.494 e. The van der Waals surface area contributed by atoms with E-state index in [0.29, 0.717) is 47.3 Å². The lowest BCUT2D eigenvalue weighted by Gasteiger charge is -2.12. The van der Waals surface area contributed by atoms with Gasteiger partial charge < -0.3 is 19.0 Å². The fourth-order valence-electron chi connectivity index (χ4n) is 2.47. The maximum Gasteiger partial charge on any atom is 0.156 e.